The SMILES string of the molecule is COc1nc(-c2cccc(-c3cccc(-c4nc5cc(CN6CCC[C@H]6C(=O)O)c(OC(F)F)cc5o4)c3C)c2C)ccc1CN1CCCC1. The van der Waals surface area contributed by atoms with Crippen molar-refractivity contribution in [1.29, 1.82) is 0 Å². The molecule has 0 amide bonds. The average Bonchev–Trinajstić information content (AvgIpc) is 3.87. The first-order chi connectivity index (χ1) is 24.2. The van der Waals surface area contributed by atoms with E-state index >= 15 is 0 Å². The predicted octanol–water partition coefficient (Wildman–Crippen LogP) is 8.10. The standard InChI is InChI=1S/C39H40F2N4O5/c1-23-27(9-6-11-29(23)31-15-14-25(36(42-31)48-3)21-44-16-4-5-17-44)28-10-7-12-30(24(28)2)37-43-32-19-26(22-45-18-8-13-33(45)38(46)47)34(50-39(40)41)20-35(32)49-37/h6-7,9-12,14-15,19-20,33,39H,4-5,8,13,16-18,21-22H2,1-3H3,(H,46,47)/t33-/m0/s1. The molecule has 260 valence electrons. The van der Waals surface area contributed by atoms with E-state index in [-0.39, 0.29) is 12.3 Å². The van der Waals surface area contributed by atoms with Gasteiger partial charge in [0, 0.05) is 41.4 Å². The van der Waals surface area contributed by atoms with Crippen LogP contribution in [0.15, 0.2) is 65.1 Å². The van der Waals surface area contributed by atoms with Gasteiger partial charge in [-0.05, 0) is 99.6 Å². The lowest BCUT2D eigenvalue weighted by Gasteiger charge is -2.22. The van der Waals surface area contributed by atoms with Crippen LogP contribution in [0, 0.1) is 13.8 Å². The lowest BCUT2D eigenvalue weighted by Crippen LogP contribution is -2.35. The Labute approximate surface area is 289 Å². The van der Waals surface area contributed by atoms with Crippen molar-refractivity contribution in [3.63, 3.8) is 0 Å². The maximum absolute atomic E-state index is 13.5. The number of nitrogens with zero attached hydrogens (tertiary/aromatic N) is 4. The first-order valence-electron chi connectivity index (χ1n) is 17.0. The summed E-state index contributed by atoms with van der Waals surface area (Å²) >= 11 is 0. The van der Waals surface area contributed by atoms with E-state index in [0.717, 1.165) is 64.3 Å². The molecule has 3 aromatic carbocycles. The van der Waals surface area contributed by atoms with Crippen LogP contribution in [0.2, 0.25) is 0 Å². The minimum atomic E-state index is -3.05. The maximum atomic E-state index is 13.5. The molecule has 5 aromatic rings. The number of carboxylic acid groups (broad SMARTS) is 1. The predicted molar refractivity (Wildman–Crippen MR) is 186 cm³/mol. The number of oxazole rings is 1. The normalized spacial score (nSPS) is 16.9. The Hall–Kier alpha value is -4.87. The van der Waals surface area contributed by atoms with E-state index in [1.54, 1.807) is 18.1 Å². The van der Waals surface area contributed by atoms with Gasteiger partial charge in [0.05, 0.1) is 12.8 Å². The summed E-state index contributed by atoms with van der Waals surface area (Å²) in [6, 6.07) is 18.7. The fraction of sp³-hybridized carbons (Fsp3) is 0.359. The van der Waals surface area contributed by atoms with Crippen LogP contribution in [-0.4, -0.2) is 70.2 Å². The molecule has 50 heavy (non-hydrogen) atoms. The van der Waals surface area contributed by atoms with E-state index in [4.69, 9.17) is 23.9 Å². The fourth-order valence-electron chi connectivity index (χ4n) is 7.42. The molecule has 7 rings (SSSR count). The molecule has 2 aliphatic heterocycles. The summed E-state index contributed by atoms with van der Waals surface area (Å²) in [5, 5.41) is 9.64. The van der Waals surface area contributed by atoms with E-state index in [0.29, 0.717) is 47.8 Å². The van der Waals surface area contributed by atoms with Gasteiger partial charge >= 0.3 is 12.6 Å². The van der Waals surface area contributed by atoms with Crippen molar-refractivity contribution < 1.29 is 32.6 Å². The summed E-state index contributed by atoms with van der Waals surface area (Å²) in [6.45, 7) is 4.75. The van der Waals surface area contributed by atoms with Crippen molar-refractivity contribution in [2.24, 2.45) is 0 Å². The van der Waals surface area contributed by atoms with Crippen LogP contribution >= 0.6 is 0 Å². The van der Waals surface area contributed by atoms with Crippen LogP contribution in [0.25, 0.3) is 44.9 Å². The first kappa shape index (κ1) is 33.6. The number of alkyl halides is 2. The molecule has 0 radical (unpaired) electrons. The minimum absolute atomic E-state index is 0.0570. The number of carboxylic acids is 1. The van der Waals surface area contributed by atoms with Crippen LogP contribution in [-0.2, 0) is 17.9 Å². The maximum Gasteiger partial charge on any atom is 0.387 e. The van der Waals surface area contributed by atoms with Crippen LogP contribution in [0.3, 0.4) is 0 Å². The Morgan fingerprint density at radius 3 is 2.30 bits per heavy atom. The van der Waals surface area contributed by atoms with Crippen LogP contribution in [0.1, 0.15) is 47.9 Å². The van der Waals surface area contributed by atoms with Crippen molar-refractivity contribution >= 4 is 17.1 Å². The molecule has 2 aromatic heterocycles. The second-order valence-corrected chi connectivity index (χ2v) is 13.1. The number of rotatable bonds is 11. The number of hydrogen-bond donors (Lipinski definition) is 1. The number of fused-ring (bicyclic) bond motifs is 1. The molecule has 0 unspecified atom stereocenters. The third kappa shape index (κ3) is 6.67. The Bertz CT molecular complexity index is 2040. The van der Waals surface area contributed by atoms with Crippen molar-refractivity contribution in [1.82, 2.24) is 19.8 Å². The summed E-state index contributed by atoms with van der Waals surface area (Å²) in [5.41, 5.74) is 8.91. The van der Waals surface area contributed by atoms with Crippen LogP contribution < -0.4 is 9.47 Å². The zero-order valence-electron chi connectivity index (χ0n) is 28.4. The first-order valence-corrected chi connectivity index (χ1v) is 17.0. The summed E-state index contributed by atoms with van der Waals surface area (Å²) in [6.07, 6.45) is 3.66. The van der Waals surface area contributed by atoms with E-state index in [1.165, 1.54) is 18.9 Å². The highest BCUT2D eigenvalue weighted by Crippen LogP contribution is 2.39. The van der Waals surface area contributed by atoms with Gasteiger partial charge in [0.2, 0.25) is 11.8 Å². The van der Waals surface area contributed by atoms with Crippen LogP contribution in [0.4, 0.5) is 8.78 Å². The van der Waals surface area contributed by atoms with Gasteiger partial charge in [-0.25, -0.2) is 9.97 Å². The highest BCUT2D eigenvalue weighted by molar-refractivity contribution is 5.84. The molecule has 0 bridgehead atoms. The number of aromatic nitrogens is 2. The van der Waals surface area contributed by atoms with Gasteiger partial charge in [-0.1, -0.05) is 36.4 Å². The summed E-state index contributed by atoms with van der Waals surface area (Å²) in [7, 11) is 1.67. The van der Waals surface area contributed by atoms with Gasteiger partial charge in [0.25, 0.3) is 0 Å². The quantitative estimate of drug-likeness (QED) is 0.148. The monoisotopic (exact) mass is 682 g/mol. The molecule has 4 heterocycles. The molecule has 11 heteroatoms. The highest BCUT2D eigenvalue weighted by atomic mass is 19.3. The average molecular weight is 683 g/mol. The van der Waals surface area contributed by atoms with E-state index in [2.05, 4.69) is 42.2 Å². The topological polar surface area (TPSA) is 101 Å². The molecule has 0 spiro atoms. The van der Waals surface area contributed by atoms with Gasteiger partial charge in [-0.2, -0.15) is 8.78 Å². The molecule has 0 saturated carbocycles. The zero-order chi connectivity index (χ0) is 34.9. The smallest absolute Gasteiger partial charge is 0.387 e. The van der Waals surface area contributed by atoms with Gasteiger partial charge in [0.1, 0.15) is 17.3 Å². The summed E-state index contributed by atoms with van der Waals surface area (Å²) in [4.78, 5) is 25.7. The summed E-state index contributed by atoms with van der Waals surface area (Å²) in [5.74, 6) is -0.00124. The largest absolute Gasteiger partial charge is 0.481 e. The number of hydrogen-bond acceptors (Lipinski definition) is 8. The van der Waals surface area contributed by atoms with E-state index in [1.807, 2.05) is 25.1 Å². The number of pyridine rings is 1. The Balaban J connectivity index is 1.22. The van der Waals surface area contributed by atoms with Gasteiger partial charge in [0.15, 0.2) is 5.58 Å². The van der Waals surface area contributed by atoms with Crippen molar-refractivity contribution in [2.45, 2.75) is 65.3 Å². The van der Waals surface area contributed by atoms with Crippen molar-refractivity contribution in [3.8, 4) is 45.5 Å². The number of carbonyl (C=O) groups is 1. The molecule has 2 saturated heterocycles. The van der Waals surface area contributed by atoms with Crippen molar-refractivity contribution in [2.75, 3.05) is 26.7 Å². The minimum Gasteiger partial charge on any atom is -0.481 e. The molecule has 2 fully saturated rings. The second-order valence-electron chi connectivity index (χ2n) is 13.1. The van der Waals surface area contributed by atoms with Gasteiger partial charge in [-0.15, -0.1) is 0 Å². The third-order valence-electron chi connectivity index (χ3n) is 10.00. The fourth-order valence-corrected chi connectivity index (χ4v) is 7.42. The second kappa shape index (κ2) is 14.2. The number of likely N-dealkylation sites (tertiary alicyclic amines) is 2. The lowest BCUT2D eigenvalue weighted by molar-refractivity contribution is -0.142. The zero-order valence-corrected chi connectivity index (χ0v) is 28.4. The van der Waals surface area contributed by atoms with E-state index in [9.17, 15) is 18.7 Å². The number of ether oxygens (including phenoxy) is 2. The number of halogens is 2. The molecular formula is C39H40F2N4O5. The number of methoxy groups -OCH3 is 1. The Morgan fingerprint density at radius 2 is 1.60 bits per heavy atom. The van der Waals surface area contributed by atoms with Crippen LogP contribution in [0.5, 0.6) is 11.6 Å². The molecule has 0 aliphatic carbocycles. The lowest BCUT2D eigenvalue weighted by atomic mass is 9.90. The molecule has 2 aliphatic rings. The van der Waals surface area contributed by atoms with Gasteiger partial charge < -0.3 is 19.0 Å². The number of aliphatic carboxylic acids is 1. The van der Waals surface area contributed by atoms with E-state index < -0.39 is 18.6 Å². The number of benzene rings is 3. The highest BCUT2D eigenvalue weighted by Gasteiger charge is 2.31. The van der Waals surface area contributed by atoms with Crippen molar-refractivity contribution in [3.05, 3.63) is 82.9 Å². The Kier molecular flexibility index (Phi) is 9.52. The molecule has 9 nitrogen and oxygen atoms in total. The molecule has 1 atom stereocenters. The molecule has 1 N–H and O–H groups in total. The third-order valence-corrected chi connectivity index (χ3v) is 10.00. The molecular weight excluding hydrogens is 642 g/mol. The summed E-state index contributed by atoms with van der Waals surface area (Å²) < 4.78 is 43.7. The Morgan fingerprint density at radius 1 is 0.900 bits per heavy atom. The van der Waals surface area contributed by atoms with Gasteiger partial charge in [-0.3, -0.25) is 14.6 Å².